The van der Waals surface area contributed by atoms with Gasteiger partial charge in [0.1, 0.15) is 11.9 Å². The Morgan fingerprint density at radius 2 is 2.17 bits per heavy atom. The van der Waals surface area contributed by atoms with Crippen LogP contribution in [0.3, 0.4) is 0 Å². The summed E-state index contributed by atoms with van der Waals surface area (Å²) >= 11 is 0. The highest BCUT2D eigenvalue weighted by molar-refractivity contribution is 5.60. The van der Waals surface area contributed by atoms with E-state index in [0.29, 0.717) is 17.3 Å². The highest BCUT2D eigenvalue weighted by Crippen LogP contribution is 2.39. The van der Waals surface area contributed by atoms with E-state index in [1.807, 2.05) is 0 Å². The van der Waals surface area contributed by atoms with Gasteiger partial charge in [0, 0.05) is 12.6 Å². The summed E-state index contributed by atoms with van der Waals surface area (Å²) < 4.78 is 0. The molecule has 1 saturated carbocycles. The molecular formula is C14H18N4. The first kappa shape index (κ1) is 11.3. The van der Waals surface area contributed by atoms with Gasteiger partial charge in [-0.15, -0.1) is 0 Å². The number of nitriles is 1. The number of rotatable bonds is 1. The minimum Gasteiger partial charge on any atom is -0.397 e. The van der Waals surface area contributed by atoms with Crippen LogP contribution in [0.15, 0.2) is 12.3 Å². The summed E-state index contributed by atoms with van der Waals surface area (Å²) in [5.74, 6) is 1.63. The van der Waals surface area contributed by atoms with Crippen molar-refractivity contribution in [2.75, 3.05) is 17.2 Å². The Hall–Kier alpha value is -1.76. The molecule has 1 aliphatic heterocycles. The molecule has 0 radical (unpaired) electrons. The van der Waals surface area contributed by atoms with Gasteiger partial charge in [-0.3, -0.25) is 0 Å². The van der Waals surface area contributed by atoms with Crippen LogP contribution in [0.2, 0.25) is 0 Å². The predicted octanol–water partition coefficient (Wildman–Crippen LogP) is 2.30. The maximum Gasteiger partial charge on any atom is 0.146 e. The van der Waals surface area contributed by atoms with Gasteiger partial charge in [0.25, 0.3) is 0 Å². The molecule has 2 atom stereocenters. The molecule has 1 saturated heterocycles. The van der Waals surface area contributed by atoms with Crippen LogP contribution in [0.25, 0.3) is 0 Å². The molecule has 18 heavy (non-hydrogen) atoms. The molecular weight excluding hydrogens is 224 g/mol. The van der Waals surface area contributed by atoms with Gasteiger partial charge in [-0.1, -0.05) is 12.8 Å². The van der Waals surface area contributed by atoms with E-state index >= 15 is 0 Å². The Balaban J connectivity index is 1.93. The zero-order valence-electron chi connectivity index (χ0n) is 10.5. The van der Waals surface area contributed by atoms with Crippen molar-refractivity contribution in [1.82, 2.24) is 4.98 Å². The maximum absolute atomic E-state index is 9.23. The SMILES string of the molecule is N#Cc1cc(N)cnc1N1CCC2CCCCC21. The van der Waals surface area contributed by atoms with E-state index in [0.717, 1.165) is 18.3 Å². The van der Waals surface area contributed by atoms with Gasteiger partial charge in [0.05, 0.1) is 17.4 Å². The average molecular weight is 242 g/mol. The van der Waals surface area contributed by atoms with E-state index in [1.165, 1.54) is 32.1 Å². The fourth-order valence-corrected chi connectivity index (χ4v) is 3.45. The zero-order chi connectivity index (χ0) is 12.5. The summed E-state index contributed by atoms with van der Waals surface area (Å²) in [6.45, 7) is 1.03. The fourth-order valence-electron chi connectivity index (χ4n) is 3.45. The Morgan fingerprint density at radius 1 is 1.33 bits per heavy atom. The molecule has 0 aromatic carbocycles. The Bertz CT molecular complexity index is 491. The smallest absolute Gasteiger partial charge is 0.146 e. The van der Waals surface area contributed by atoms with Crippen molar-refractivity contribution in [3.05, 3.63) is 17.8 Å². The van der Waals surface area contributed by atoms with Crippen molar-refractivity contribution in [3.8, 4) is 6.07 Å². The molecule has 94 valence electrons. The molecule has 2 unspecified atom stereocenters. The summed E-state index contributed by atoms with van der Waals surface area (Å²) in [7, 11) is 0. The number of nitrogens with two attached hydrogens (primary N) is 1. The van der Waals surface area contributed by atoms with E-state index in [4.69, 9.17) is 5.73 Å². The second kappa shape index (κ2) is 4.49. The highest BCUT2D eigenvalue weighted by Gasteiger charge is 2.37. The Kier molecular flexibility index (Phi) is 2.83. The molecule has 1 aromatic heterocycles. The second-order valence-corrected chi connectivity index (χ2v) is 5.35. The minimum atomic E-state index is 0.565. The first-order valence-electron chi connectivity index (χ1n) is 6.72. The van der Waals surface area contributed by atoms with Gasteiger partial charge >= 0.3 is 0 Å². The molecule has 0 bridgehead atoms. The maximum atomic E-state index is 9.23. The van der Waals surface area contributed by atoms with Crippen LogP contribution in [0.1, 0.15) is 37.7 Å². The Morgan fingerprint density at radius 3 is 3.00 bits per heavy atom. The van der Waals surface area contributed by atoms with Gasteiger partial charge in [0.2, 0.25) is 0 Å². The average Bonchev–Trinajstić information content (AvgIpc) is 2.82. The third-order valence-corrected chi connectivity index (χ3v) is 4.29. The normalized spacial score (nSPS) is 26.7. The standard InChI is InChI=1S/C14H18N4/c15-8-11-7-12(16)9-17-14(11)18-6-5-10-3-1-2-4-13(10)18/h7,9-10,13H,1-6,16H2. The molecule has 0 amide bonds. The number of hydrogen-bond acceptors (Lipinski definition) is 4. The molecule has 2 fully saturated rings. The van der Waals surface area contributed by atoms with Crippen molar-refractivity contribution in [1.29, 1.82) is 5.26 Å². The molecule has 4 nitrogen and oxygen atoms in total. The summed E-state index contributed by atoms with van der Waals surface area (Å²) in [5, 5.41) is 9.23. The zero-order valence-corrected chi connectivity index (χ0v) is 10.5. The molecule has 2 N–H and O–H groups in total. The lowest BCUT2D eigenvalue weighted by atomic mass is 9.85. The van der Waals surface area contributed by atoms with Crippen molar-refractivity contribution < 1.29 is 0 Å². The number of anilines is 2. The largest absolute Gasteiger partial charge is 0.397 e. The molecule has 2 heterocycles. The number of fused-ring (bicyclic) bond motifs is 1. The quantitative estimate of drug-likeness (QED) is 0.820. The highest BCUT2D eigenvalue weighted by atomic mass is 15.2. The van der Waals surface area contributed by atoms with Crippen molar-refractivity contribution >= 4 is 11.5 Å². The van der Waals surface area contributed by atoms with E-state index in [1.54, 1.807) is 12.3 Å². The lowest BCUT2D eigenvalue weighted by Gasteiger charge is -2.32. The topological polar surface area (TPSA) is 65.9 Å². The number of hydrogen-bond donors (Lipinski definition) is 1. The van der Waals surface area contributed by atoms with Crippen molar-refractivity contribution in [2.24, 2.45) is 5.92 Å². The number of nitrogen functional groups attached to an aromatic ring is 1. The van der Waals surface area contributed by atoms with Crippen LogP contribution < -0.4 is 10.6 Å². The lowest BCUT2D eigenvalue weighted by Crippen LogP contribution is -2.35. The van der Waals surface area contributed by atoms with E-state index in [2.05, 4.69) is 16.0 Å². The first-order chi connectivity index (χ1) is 8.79. The van der Waals surface area contributed by atoms with Crippen LogP contribution in [0.4, 0.5) is 11.5 Å². The summed E-state index contributed by atoms with van der Waals surface area (Å²) in [4.78, 5) is 6.74. The van der Waals surface area contributed by atoms with Gasteiger partial charge in [-0.05, 0) is 31.2 Å². The third kappa shape index (κ3) is 1.80. The van der Waals surface area contributed by atoms with Crippen molar-refractivity contribution in [2.45, 2.75) is 38.1 Å². The van der Waals surface area contributed by atoms with E-state index in [-0.39, 0.29) is 0 Å². The number of pyridine rings is 1. The van der Waals surface area contributed by atoms with E-state index < -0.39 is 0 Å². The number of aromatic nitrogens is 1. The summed E-state index contributed by atoms with van der Waals surface area (Å²) in [6.07, 6.45) is 8.12. The van der Waals surface area contributed by atoms with Gasteiger partial charge in [-0.2, -0.15) is 5.26 Å². The Labute approximate surface area is 107 Å². The van der Waals surface area contributed by atoms with Gasteiger partial charge in [-0.25, -0.2) is 4.98 Å². The third-order valence-electron chi connectivity index (χ3n) is 4.29. The molecule has 2 aliphatic rings. The summed E-state index contributed by atoms with van der Waals surface area (Å²) in [5.41, 5.74) is 6.88. The van der Waals surface area contributed by atoms with Crippen molar-refractivity contribution in [3.63, 3.8) is 0 Å². The van der Waals surface area contributed by atoms with Crippen LogP contribution in [0, 0.1) is 17.2 Å². The number of nitrogens with zero attached hydrogens (tertiary/aromatic N) is 3. The molecule has 1 aliphatic carbocycles. The summed E-state index contributed by atoms with van der Waals surface area (Å²) in [6, 6.07) is 4.54. The lowest BCUT2D eigenvalue weighted by molar-refractivity contribution is 0.341. The van der Waals surface area contributed by atoms with Crippen LogP contribution in [-0.4, -0.2) is 17.6 Å². The monoisotopic (exact) mass is 242 g/mol. The van der Waals surface area contributed by atoms with Gasteiger partial charge in [0.15, 0.2) is 0 Å². The molecule has 0 spiro atoms. The molecule has 4 heteroatoms. The first-order valence-corrected chi connectivity index (χ1v) is 6.72. The van der Waals surface area contributed by atoms with Crippen LogP contribution >= 0.6 is 0 Å². The van der Waals surface area contributed by atoms with Gasteiger partial charge < -0.3 is 10.6 Å². The van der Waals surface area contributed by atoms with Crippen LogP contribution in [-0.2, 0) is 0 Å². The minimum absolute atomic E-state index is 0.565. The molecule has 3 rings (SSSR count). The fraction of sp³-hybridized carbons (Fsp3) is 0.571. The van der Waals surface area contributed by atoms with E-state index in [9.17, 15) is 5.26 Å². The van der Waals surface area contributed by atoms with Crippen LogP contribution in [0.5, 0.6) is 0 Å². The molecule has 1 aromatic rings. The predicted molar refractivity (Wildman–Crippen MR) is 71.1 cm³/mol. The second-order valence-electron chi connectivity index (χ2n) is 5.35.